The van der Waals surface area contributed by atoms with Crippen LogP contribution < -0.4 is 0 Å². The highest BCUT2D eigenvalue weighted by Crippen LogP contribution is 2.45. The Labute approximate surface area is 638 Å². The molecule has 0 aromatic heterocycles. The standard InChI is InChI=1S/C85H166O17P2/c1-5-9-13-17-21-24-27-30-33-36-38-39-40-41-44-47-50-53-56-60-64-68-72-85(90)102-81(76-96-83(88)70-66-62-58-54-51-48-45-43-37-34-31-28-25-22-18-14-10-6-2)78-100-104(93,94)98-74-79(86)73-97-103(91,92)99-77-80(75-95-82(87)69-65-61-57-20-16-12-8-4)101-84(89)71-67-63-59-55-52-49-46-42-35-32-29-26-23-19-15-11-7-3/h79-81,86H,5-78H2,1-4H3,(H,91,92)(H,93,94)/t79-,80+,81+/m0/s1. The smallest absolute Gasteiger partial charge is 0.462 e. The van der Waals surface area contributed by atoms with E-state index >= 15 is 0 Å². The minimum absolute atomic E-state index is 0.109. The van der Waals surface area contributed by atoms with Crippen LogP contribution in [0.25, 0.3) is 0 Å². The maximum atomic E-state index is 13.1. The van der Waals surface area contributed by atoms with Crippen LogP contribution in [0, 0.1) is 0 Å². The van der Waals surface area contributed by atoms with Crippen molar-refractivity contribution in [1.82, 2.24) is 0 Å². The Bertz CT molecular complexity index is 1960. The zero-order chi connectivity index (χ0) is 76.0. The summed E-state index contributed by atoms with van der Waals surface area (Å²) < 4.78 is 68.7. The van der Waals surface area contributed by atoms with Crippen LogP contribution in [0.15, 0.2) is 0 Å². The maximum Gasteiger partial charge on any atom is 0.472 e. The van der Waals surface area contributed by atoms with Crippen LogP contribution in [0.4, 0.5) is 0 Å². The Kier molecular flexibility index (Phi) is 77.7. The van der Waals surface area contributed by atoms with Crippen LogP contribution in [0.1, 0.15) is 464 Å². The summed E-state index contributed by atoms with van der Waals surface area (Å²) >= 11 is 0. The third kappa shape index (κ3) is 78.2. The van der Waals surface area contributed by atoms with Gasteiger partial charge in [0, 0.05) is 25.7 Å². The molecular weight excluding hydrogens is 1350 g/mol. The molecule has 618 valence electrons. The lowest BCUT2D eigenvalue weighted by Gasteiger charge is -2.21. The van der Waals surface area contributed by atoms with Gasteiger partial charge < -0.3 is 33.8 Å². The summed E-state index contributed by atoms with van der Waals surface area (Å²) in [6, 6.07) is 0. The highest BCUT2D eigenvalue weighted by Gasteiger charge is 2.30. The highest BCUT2D eigenvalue weighted by molar-refractivity contribution is 7.47. The molecule has 0 aromatic carbocycles. The van der Waals surface area contributed by atoms with Crippen molar-refractivity contribution in [3.05, 3.63) is 0 Å². The summed E-state index contributed by atoms with van der Waals surface area (Å²) in [5.74, 6) is -2.10. The van der Waals surface area contributed by atoms with E-state index in [0.29, 0.717) is 25.7 Å². The number of aliphatic hydroxyl groups is 1. The lowest BCUT2D eigenvalue weighted by molar-refractivity contribution is -0.161. The highest BCUT2D eigenvalue weighted by atomic mass is 31.2. The maximum absolute atomic E-state index is 13.1. The summed E-state index contributed by atoms with van der Waals surface area (Å²) in [6.07, 6.45) is 73.9. The largest absolute Gasteiger partial charge is 0.472 e. The topological polar surface area (TPSA) is 237 Å². The van der Waals surface area contributed by atoms with Crippen molar-refractivity contribution in [2.45, 2.75) is 483 Å². The van der Waals surface area contributed by atoms with Crippen LogP contribution in [0.3, 0.4) is 0 Å². The van der Waals surface area contributed by atoms with Crippen molar-refractivity contribution in [1.29, 1.82) is 0 Å². The molecule has 0 aliphatic rings. The van der Waals surface area contributed by atoms with Crippen molar-refractivity contribution < 1.29 is 80.2 Å². The lowest BCUT2D eigenvalue weighted by Crippen LogP contribution is -2.30. The number of ether oxygens (including phenoxy) is 4. The van der Waals surface area contributed by atoms with Gasteiger partial charge in [-0.25, -0.2) is 9.13 Å². The molecule has 0 amide bonds. The van der Waals surface area contributed by atoms with Crippen LogP contribution >= 0.6 is 15.6 Å². The molecule has 19 heteroatoms. The van der Waals surface area contributed by atoms with Gasteiger partial charge in [-0.3, -0.25) is 37.3 Å². The van der Waals surface area contributed by atoms with Crippen LogP contribution in [0.2, 0.25) is 0 Å². The number of unbranched alkanes of at least 4 members (excludes halogenated alkanes) is 60. The fourth-order valence-electron chi connectivity index (χ4n) is 13.3. The van der Waals surface area contributed by atoms with Crippen LogP contribution in [0.5, 0.6) is 0 Å². The SMILES string of the molecule is CCCCCCCCCCCCCCCCCCCCCCCCC(=O)O[C@H](COC(=O)CCCCCCCCCCCCCCCCCCCC)COP(=O)(O)OC[C@@H](O)COP(=O)(O)OC[C@@H](COC(=O)CCCCCCCCC)OC(=O)CCCCCCCCCCCCCCCCCCC. The van der Waals surface area contributed by atoms with Crippen molar-refractivity contribution in [2.24, 2.45) is 0 Å². The van der Waals surface area contributed by atoms with Crippen molar-refractivity contribution in [3.63, 3.8) is 0 Å². The molecule has 5 atom stereocenters. The van der Waals surface area contributed by atoms with E-state index in [0.717, 1.165) is 103 Å². The van der Waals surface area contributed by atoms with Gasteiger partial charge in [0.05, 0.1) is 26.4 Å². The Morgan fingerprint density at radius 3 is 0.567 bits per heavy atom. The van der Waals surface area contributed by atoms with Crippen molar-refractivity contribution >= 4 is 39.5 Å². The van der Waals surface area contributed by atoms with E-state index < -0.39 is 97.5 Å². The van der Waals surface area contributed by atoms with Gasteiger partial charge in [0.25, 0.3) is 0 Å². The van der Waals surface area contributed by atoms with Gasteiger partial charge in [0.15, 0.2) is 12.2 Å². The first-order valence-corrected chi connectivity index (χ1v) is 47.3. The molecule has 3 N–H and O–H groups in total. The second-order valence-electron chi connectivity index (χ2n) is 30.6. The van der Waals surface area contributed by atoms with Gasteiger partial charge in [-0.1, -0.05) is 413 Å². The molecule has 0 saturated heterocycles. The Morgan fingerprint density at radius 2 is 0.385 bits per heavy atom. The molecule has 0 spiro atoms. The Morgan fingerprint density at radius 1 is 0.231 bits per heavy atom. The summed E-state index contributed by atoms with van der Waals surface area (Å²) in [5, 5.41) is 10.6. The number of carbonyl (C=O) groups excluding carboxylic acids is 4. The van der Waals surface area contributed by atoms with Gasteiger partial charge >= 0.3 is 39.5 Å². The molecule has 0 aromatic rings. The van der Waals surface area contributed by atoms with Crippen LogP contribution in [-0.2, 0) is 65.4 Å². The molecule has 0 rings (SSSR count). The Balaban J connectivity index is 5.15. The second-order valence-corrected chi connectivity index (χ2v) is 33.5. The van der Waals surface area contributed by atoms with E-state index in [4.69, 9.17) is 37.0 Å². The first-order valence-electron chi connectivity index (χ1n) is 44.3. The van der Waals surface area contributed by atoms with Gasteiger partial charge in [0.2, 0.25) is 0 Å². The molecule has 0 radical (unpaired) electrons. The molecule has 0 aliphatic heterocycles. The van der Waals surface area contributed by atoms with Crippen molar-refractivity contribution in [3.8, 4) is 0 Å². The molecule has 104 heavy (non-hydrogen) atoms. The quantitative estimate of drug-likeness (QED) is 0.0222. The predicted molar refractivity (Wildman–Crippen MR) is 428 cm³/mol. The van der Waals surface area contributed by atoms with E-state index in [1.807, 2.05) is 0 Å². The minimum atomic E-state index is -4.96. The number of hydrogen-bond acceptors (Lipinski definition) is 15. The molecule has 0 fully saturated rings. The fraction of sp³-hybridized carbons (Fsp3) is 0.953. The minimum Gasteiger partial charge on any atom is -0.462 e. The molecule has 0 aliphatic carbocycles. The number of esters is 4. The second kappa shape index (κ2) is 79.2. The molecular formula is C85H166O17P2. The number of hydrogen-bond donors (Lipinski definition) is 3. The monoisotopic (exact) mass is 1520 g/mol. The zero-order valence-electron chi connectivity index (χ0n) is 68.0. The predicted octanol–water partition coefficient (Wildman–Crippen LogP) is 26.1. The number of phosphoric ester groups is 2. The Hall–Kier alpha value is -1.94. The van der Waals surface area contributed by atoms with Gasteiger partial charge in [-0.05, 0) is 25.7 Å². The summed E-state index contributed by atoms with van der Waals surface area (Å²) in [6.45, 7) is 5.01. The number of phosphoric acid groups is 2. The summed E-state index contributed by atoms with van der Waals surface area (Å²) in [4.78, 5) is 73.0. The zero-order valence-corrected chi connectivity index (χ0v) is 69.8. The molecule has 0 saturated carbocycles. The third-order valence-electron chi connectivity index (χ3n) is 20.1. The molecule has 0 bridgehead atoms. The molecule has 2 unspecified atom stereocenters. The first-order chi connectivity index (χ1) is 50.7. The normalized spacial score (nSPS) is 13.7. The molecule has 17 nitrogen and oxygen atoms in total. The van der Waals surface area contributed by atoms with Gasteiger partial charge in [-0.15, -0.1) is 0 Å². The number of aliphatic hydroxyl groups excluding tert-OH is 1. The van der Waals surface area contributed by atoms with E-state index in [-0.39, 0.29) is 25.7 Å². The molecule has 0 heterocycles. The number of carbonyl (C=O) groups is 4. The van der Waals surface area contributed by atoms with E-state index in [9.17, 15) is 43.2 Å². The van der Waals surface area contributed by atoms with Gasteiger partial charge in [0.1, 0.15) is 19.3 Å². The van der Waals surface area contributed by atoms with E-state index in [1.54, 1.807) is 0 Å². The van der Waals surface area contributed by atoms with Gasteiger partial charge in [-0.2, -0.15) is 0 Å². The summed E-state index contributed by atoms with van der Waals surface area (Å²) in [5.41, 5.74) is 0. The first kappa shape index (κ1) is 102. The number of rotatable bonds is 86. The average Bonchev–Trinajstić information content (AvgIpc) is 0.973. The third-order valence-corrected chi connectivity index (χ3v) is 22.0. The van der Waals surface area contributed by atoms with E-state index in [1.165, 1.54) is 283 Å². The lowest BCUT2D eigenvalue weighted by atomic mass is 10.0. The van der Waals surface area contributed by atoms with E-state index in [2.05, 4.69) is 27.7 Å². The van der Waals surface area contributed by atoms with Crippen LogP contribution in [-0.4, -0.2) is 96.7 Å². The summed E-state index contributed by atoms with van der Waals surface area (Å²) in [7, 11) is -9.92. The fourth-order valence-corrected chi connectivity index (χ4v) is 14.9. The average molecular weight is 1520 g/mol. The van der Waals surface area contributed by atoms with Crippen molar-refractivity contribution in [2.75, 3.05) is 39.6 Å².